The van der Waals surface area contributed by atoms with Crippen molar-refractivity contribution in [3.8, 4) is 0 Å². The summed E-state index contributed by atoms with van der Waals surface area (Å²) in [5, 5.41) is -0.888. The fourth-order valence-corrected chi connectivity index (χ4v) is 2.54. The number of nitrogens with zero attached hydrogens (tertiary/aromatic N) is 1. The maximum atomic E-state index is 11.2. The highest BCUT2D eigenvalue weighted by atomic mass is 32.2. The molecule has 1 atom stereocenters. The number of amides is 1. The maximum absolute atomic E-state index is 11.2. The van der Waals surface area contributed by atoms with Crippen molar-refractivity contribution in [2.75, 3.05) is 20.6 Å². The number of quaternary nitrogens is 1. The van der Waals surface area contributed by atoms with Gasteiger partial charge in [0.25, 0.3) is 5.91 Å². The van der Waals surface area contributed by atoms with Gasteiger partial charge in [-0.1, -0.05) is 19.9 Å². The molecule has 0 aliphatic carbocycles. The molecule has 1 amide bonds. The van der Waals surface area contributed by atoms with E-state index < -0.39 is 15.4 Å². The summed E-state index contributed by atoms with van der Waals surface area (Å²) in [6.45, 7) is 5.54. The average Bonchev–Trinajstić information content (AvgIpc) is 2.21. The maximum Gasteiger partial charge on any atom is 0.288 e. The summed E-state index contributed by atoms with van der Waals surface area (Å²) in [4.78, 5) is 11.2. The fourth-order valence-electron chi connectivity index (χ4n) is 1.62. The van der Waals surface area contributed by atoms with E-state index in [0.29, 0.717) is 19.4 Å². The predicted molar refractivity (Wildman–Crippen MR) is 68.3 cm³/mol. The molecule has 0 aromatic heterocycles. The van der Waals surface area contributed by atoms with Crippen LogP contribution in [0.5, 0.6) is 0 Å². The molecule has 0 rings (SSSR count). The van der Waals surface area contributed by atoms with Crippen molar-refractivity contribution in [1.82, 2.24) is 5.43 Å². The van der Waals surface area contributed by atoms with E-state index in [2.05, 4.69) is 12.0 Å². The normalized spacial score (nSPS) is 14.0. The van der Waals surface area contributed by atoms with Crippen molar-refractivity contribution in [1.29, 1.82) is 0 Å². The van der Waals surface area contributed by atoms with E-state index in [1.807, 2.05) is 6.92 Å². The summed E-state index contributed by atoms with van der Waals surface area (Å²) in [6.07, 6.45) is 2.36. The fraction of sp³-hybridized carbons (Fsp3) is 0.727. The van der Waals surface area contributed by atoms with Gasteiger partial charge in [-0.05, 0) is 6.42 Å². The zero-order valence-corrected chi connectivity index (χ0v) is 12.0. The van der Waals surface area contributed by atoms with Gasteiger partial charge in [-0.3, -0.25) is 4.79 Å². The lowest BCUT2D eigenvalue weighted by molar-refractivity contribution is -0.925. The van der Waals surface area contributed by atoms with Crippen LogP contribution in [0, 0.1) is 0 Å². The topological polar surface area (TPSA) is 86.3 Å². The smallest absolute Gasteiger partial charge is 0.288 e. The van der Waals surface area contributed by atoms with Gasteiger partial charge in [-0.2, -0.15) is 5.43 Å². The van der Waals surface area contributed by atoms with E-state index >= 15 is 0 Å². The zero-order chi connectivity index (χ0) is 14.4. The molecule has 0 aromatic carbocycles. The van der Waals surface area contributed by atoms with E-state index in [0.717, 1.165) is 6.08 Å². The molecule has 0 bridgehead atoms. The van der Waals surface area contributed by atoms with Crippen molar-refractivity contribution in [2.45, 2.75) is 31.4 Å². The van der Waals surface area contributed by atoms with Gasteiger partial charge in [0, 0.05) is 12.5 Å². The van der Waals surface area contributed by atoms with E-state index in [4.69, 9.17) is 0 Å². The summed E-state index contributed by atoms with van der Waals surface area (Å²) in [5.74, 6) is -0.336. The number of hydrogen-bond acceptors (Lipinski definition) is 4. The Morgan fingerprint density at radius 3 is 2.39 bits per heavy atom. The Morgan fingerprint density at radius 2 is 2.00 bits per heavy atom. The van der Waals surface area contributed by atoms with Gasteiger partial charge in [0.05, 0.1) is 29.5 Å². The minimum atomic E-state index is -4.28. The van der Waals surface area contributed by atoms with E-state index in [1.54, 1.807) is 14.1 Å². The second-order valence-electron chi connectivity index (χ2n) is 4.78. The molecule has 6 nitrogen and oxygen atoms in total. The molecule has 1 unspecified atom stereocenters. The Labute approximate surface area is 109 Å². The average molecular weight is 278 g/mol. The SMILES string of the molecule is C=CC(=O)N[N+](C)(C)CCC(CCC)S(=O)(=O)[O-]. The first kappa shape index (κ1) is 17.1. The minimum absolute atomic E-state index is 0.112. The Balaban J connectivity index is 4.51. The van der Waals surface area contributed by atoms with Crippen molar-refractivity contribution in [2.24, 2.45) is 0 Å². The van der Waals surface area contributed by atoms with Gasteiger partial charge in [0.2, 0.25) is 0 Å². The highest BCUT2D eigenvalue weighted by Crippen LogP contribution is 2.13. The molecule has 7 heteroatoms. The van der Waals surface area contributed by atoms with E-state index in [9.17, 15) is 17.8 Å². The number of carbonyl (C=O) groups is 1. The quantitative estimate of drug-likeness (QED) is 0.301. The van der Waals surface area contributed by atoms with Crippen LogP contribution in [-0.2, 0) is 14.9 Å². The van der Waals surface area contributed by atoms with Gasteiger partial charge in [-0.15, -0.1) is 0 Å². The first-order chi connectivity index (χ1) is 8.12. The summed E-state index contributed by atoms with van der Waals surface area (Å²) < 4.78 is 33.3. The van der Waals surface area contributed by atoms with Gasteiger partial charge in [0.15, 0.2) is 0 Å². The highest BCUT2D eigenvalue weighted by molar-refractivity contribution is 7.86. The molecule has 0 aliphatic heterocycles. The summed E-state index contributed by atoms with van der Waals surface area (Å²) >= 11 is 0. The number of carbonyl (C=O) groups excluding carboxylic acids is 1. The molecule has 18 heavy (non-hydrogen) atoms. The third-order valence-electron chi connectivity index (χ3n) is 2.63. The van der Waals surface area contributed by atoms with E-state index in [-0.39, 0.29) is 16.9 Å². The third-order valence-corrected chi connectivity index (χ3v) is 3.92. The van der Waals surface area contributed by atoms with Crippen LogP contribution in [-0.4, -0.2) is 49.4 Å². The molecule has 0 spiro atoms. The molecule has 0 saturated heterocycles. The molecule has 0 aromatic rings. The van der Waals surface area contributed by atoms with Crippen LogP contribution < -0.4 is 5.43 Å². The summed E-state index contributed by atoms with van der Waals surface area (Å²) in [5.41, 5.74) is 2.64. The van der Waals surface area contributed by atoms with E-state index in [1.165, 1.54) is 0 Å². The number of hydrogen-bond donors (Lipinski definition) is 1. The zero-order valence-electron chi connectivity index (χ0n) is 11.2. The largest absolute Gasteiger partial charge is 0.748 e. The lowest BCUT2D eigenvalue weighted by Crippen LogP contribution is -2.55. The van der Waals surface area contributed by atoms with Crippen molar-refractivity contribution >= 4 is 16.0 Å². The lowest BCUT2D eigenvalue weighted by Gasteiger charge is -2.30. The van der Waals surface area contributed by atoms with Gasteiger partial charge < -0.3 is 4.55 Å². The van der Waals surface area contributed by atoms with Gasteiger partial charge in [0.1, 0.15) is 6.54 Å². The van der Waals surface area contributed by atoms with Gasteiger partial charge >= 0.3 is 0 Å². The molecular formula is C11H22N2O4S. The molecule has 0 aliphatic rings. The van der Waals surface area contributed by atoms with Crippen LogP contribution in [0.1, 0.15) is 26.2 Å². The van der Waals surface area contributed by atoms with Crippen LogP contribution in [0.15, 0.2) is 12.7 Å². The lowest BCUT2D eigenvalue weighted by atomic mass is 10.2. The van der Waals surface area contributed by atoms with Crippen LogP contribution >= 0.6 is 0 Å². The Morgan fingerprint density at radius 1 is 1.44 bits per heavy atom. The highest BCUT2D eigenvalue weighted by Gasteiger charge is 2.23. The van der Waals surface area contributed by atoms with Crippen LogP contribution in [0.25, 0.3) is 0 Å². The molecular weight excluding hydrogens is 256 g/mol. The first-order valence-electron chi connectivity index (χ1n) is 5.84. The van der Waals surface area contributed by atoms with Crippen molar-refractivity contribution < 1.29 is 22.4 Å². The van der Waals surface area contributed by atoms with Crippen LogP contribution in [0.3, 0.4) is 0 Å². The van der Waals surface area contributed by atoms with Crippen molar-refractivity contribution in [3.05, 3.63) is 12.7 Å². The summed E-state index contributed by atoms with van der Waals surface area (Å²) in [7, 11) is -0.828. The first-order valence-corrected chi connectivity index (χ1v) is 7.32. The standard InChI is InChI=1S/C11H22N2O4S/c1-5-7-10(18(15,16)17)8-9-13(3,4)12-11(14)6-2/h6,10H,2,5,7-9H2,1,3-4H3,(H-,12,14,15,16,17). The number of nitrogens with one attached hydrogen (secondary N) is 1. The monoisotopic (exact) mass is 278 g/mol. The predicted octanol–water partition coefficient (Wildman–Crippen LogP) is 0.384. The second kappa shape index (κ2) is 6.86. The Kier molecular flexibility index (Phi) is 6.51. The molecule has 1 N–H and O–H groups in total. The molecule has 0 heterocycles. The van der Waals surface area contributed by atoms with Crippen LogP contribution in [0.4, 0.5) is 0 Å². The molecule has 0 radical (unpaired) electrons. The molecule has 106 valence electrons. The summed E-state index contributed by atoms with van der Waals surface area (Å²) in [6, 6.07) is 0. The Hall–Kier alpha value is -0.920. The third kappa shape index (κ3) is 6.73. The Bertz CT molecular complexity index is 390. The van der Waals surface area contributed by atoms with Crippen LogP contribution in [0.2, 0.25) is 0 Å². The van der Waals surface area contributed by atoms with Gasteiger partial charge in [-0.25, -0.2) is 13.0 Å². The molecule has 0 saturated carbocycles. The minimum Gasteiger partial charge on any atom is -0.748 e. The number of rotatable bonds is 8. The van der Waals surface area contributed by atoms with Crippen molar-refractivity contribution in [3.63, 3.8) is 0 Å². The second-order valence-corrected chi connectivity index (χ2v) is 6.43. The molecule has 0 fully saturated rings.